The summed E-state index contributed by atoms with van der Waals surface area (Å²) < 4.78 is 0. The number of hydrogen-bond donors (Lipinski definition) is 2. The lowest BCUT2D eigenvalue weighted by atomic mass is 9.84. The van der Waals surface area contributed by atoms with Crippen molar-refractivity contribution < 1.29 is 0 Å². The van der Waals surface area contributed by atoms with Gasteiger partial charge in [0, 0.05) is 17.8 Å². The van der Waals surface area contributed by atoms with Crippen LogP contribution in [0.15, 0.2) is 16.9 Å². The zero-order valence-electron chi connectivity index (χ0n) is 13.2. The standard InChI is InChI=1S/C17H28N2O/c1-11(2)14(12(3)4)10-18-15-6-5-7-16-13(15)8-9-17(20)19-16/h8-9,11-12,14-15,18H,5-7,10H2,1-4H3,(H,19,20). The average Bonchev–Trinajstić information content (AvgIpc) is 2.37. The van der Waals surface area contributed by atoms with Gasteiger partial charge in [0.2, 0.25) is 5.56 Å². The number of fused-ring (bicyclic) bond motifs is 1. The van der Waals surface area contributed by atoms with E-state index in [-0.39, 0.29) is 5.56 Å². The molecule has 1 aromatic heterocycles. The van der Waals surface area contributed by atoms with E-state index < -0.39 is 0 Å². The molecule has 1 aliphatic carbocycles. The van der Waals surface area contributed by atoms with Gasteiger partial charge < -0.3 is 10.3 Å². The third-order valence-corrected chi connectivity index (χ3v) is 4.64. The molecule has 3 heteroatoms. The Hall–Kier alpha value is -1.09. The van der Waals surface area contributed by atoms with Crippen molar-refractivity contribution in [1.82, 2.24) is 10.3 Å². The number of pyridine rings is 1. The van der Waals surface area contributed by atoms with Crippen LogP contribution in [0.1, 0.15) is 57.8 Å². The topological polar surface area (TPSA) is 44.9 Å². The van der Waals surface area contributed by atoms with Crippen molar-refractivity contribution in [3.63, 3.8) is 0 Å². The number of rotatable bonds is 5. The maximum Gasteiger partial charge on any atom is 0.248 e. The van der Waals surface area contributed by atoms with Crippen LogP contribution >= 0.6 is 0 Å². The number of hydrogen-bond acceptors (Lipinski definition) is 2. The highest BCUT2D eigenvalue weighted by molar-refractivity contribution is 5.26. The van der Waals surface area contributed by atoms with Gasteiger partial charge in [0.05, 0.1) is 0 Å². The Morgan fingerprint density at radius 1 is 1.25 bits per heavy atom. The van der Waals surface area contributed by atoms with Crippen molar-refractivity contribution in [2.75, 3.05) is 6.54 Å². The van der Waals surface area contributed by atoms with E-state index in [1.807, 2.05) is 6.07 Å². The van der Waals surface area contributed by atoms with Gasteiger partial charge in [-0.3, -0.25) is 4.79 Å². The van der Waals surface area contributed by atoms with Gasteiger partial charge in [0.25, 0.3) is 0 Å². The highest BCUT2D eigenvalue weighted by atomic mass is 16.1. The third-order valence-electron chi connectivity index (χ3n) is 4.64. The van der Waals surface area contributed by atoms with E-state index in [1.165, 1.54) is 12.0 Å². The molecule has 2 rings (SSSR count). The summed E-state index contributed by atoms with van der Waals surface area (Å²) in [5.74, 6) is 2.09. The molecule has 0 saturated heterocycles. The van der Waals surface area contributed by atoms with Crippen molar-refractivity contribution in [2.45, 2.75) is 53.0 Å². The maximum atomic E-state index is 11.4. The van der Waals surface area contributed by atoms with Gasteiger partial charge in [-0.25, -0.2) is 0 Å². The van der Waals surface area contributed by atoms with Crippen LogP contribution in [0.3, 0.4) is 0 Å². The number of aromatic amines is 1. The minimum Gasteiger partial charge on any atom is -0.326 e. The molecule has 1 aliphatic rings. The summed E-state index contributed by atoms with van der Waals surface area (Å²) in [7, 11) is 0. The lowest BCUT2D eigenvalue weighted by Gasteiger charge is -2.31. The van der Waals surface area contributed by atoms with Gasteiger partial charge in [-0.1, -0.05) is 33.8 Å². The van der Waals surface area contributed by atoms with Crippen LogP contribution < -0.4 is 10.9 Å². The molecule has 1 aromatic rings. The van der Waals surface area contributed by atoms with Crippen LogP contribution in [0, 0.1) is 17.8 Å². The lowest BCUT2D eigenvalue weighted by Crippen LogP contribution is -2.34. The van der Waals surface area contributed by atoms with Gasteiger partial charge in [-0.2, -0.15) is 0 Å². The molecular formula is C17H28N2O. The first-order valence-electron chi connectivity index (χ1n) is 7.94. The van der Waals surface area contributed by atoms with E-state index >= 15 is 0 Å². The minimum absolute atomic E-state index is 0.0200. The van der Waals surface area contributed by atoms with E-state index in [9.17, 15) is 4.79 Å². The second-order valence-electron chi connectivity index (χ2n) is 6.76. The summed E-state index contributed by atoms with van der Waals surface area (Å²) in [5, 5.41) is 3.74. The molecule has 112 valence electrons. The van der Waals surface area contributed by atoms with Crippen LogP contribution in [0.4, 0.5) is 0 Å². The Morgan fingerprint density at radius 2 is 1.95 bits per heavy atom. The smallest absolute Gasteiger partial charge is 0.248 e. The Balaban J connectivity index is 2.07. The second kappa shape index (κ2) is 6.57. The predicted octanol–water partition coefficient (Wildman–Crippen LogP) is 3.27. The quantitative estimate of drug-likeness (QED) is 0.867. The maximum absolute atomic E-state index is 11.4. The van der Waals surface area contributed by atoms with E-state index in [1.54, 1.807) is 6.07 Å². The third kappa shape index (κ3) is 3.51. The molecule has 0 saturated carbocycles. The Morgan fingerprint density at radius 3 is 2.60 bits per heavy atom. The molecule has 0 radical (unpaired) electrons. The summed E-state index contributed by atoms with van der Waals surface area (Å²) in [5.41, 5.74) is 2.45. The fourth-order valence-electron chi connectivity index (χ4n) is 3.43. The van der Waals surface area contributed by atoms with Crippen molar-refractivity contribution in [2.24, 2.45) is 17.8 Å². The van der Waals surface area contributed by atoms with E-state index in [2.05, 4.69) is 38.0 Å². The van der Waals surface area contributed by atoms with Crippen LogP contribution in [0.2, 0.25) is 0 Å². The lowest BCUT2D eigenvalue weighted by molar-refractivity contribution is 0.260. The Bertz CT molecular complexity index is 482. The largest absolute Gasteiger partial charge is 0.326 e. The van der Waals surface area contributed by atoms with E-state index in [0.717, 1.165) is 25.1 Å². The molecule has 0 spiro atoms. The monoisotopic (exact) mass is 276 g/mol. The van der Waals surface area contributed by atoms with Crippen LogP contribution in [-0.2, 0) is 6.42 Å². The molecule has 0 fully saturated rings. The molecule has 1 unspecified atom stereocenters. The Labute approximate surface area is 122 Å². The van der Waals surface area contributed by atoms with Crippen molar-refractivity contribution in [3.05, 3.63) is 33.7 Å². The minimum atomic E-state index is 0.0200. The normalized spacial score (nSPS) is 18.9. The number of H-pyrrole nitrogens is 1. The molecule has 1 heterocycles. The molecular weight excluding hydrogens is 248 g/mol. The fourth-order valence-corrected chi connectivity index (χ4v) is 3.43. The summed E-state index contributed by atoms with van der Waals surface area (Å²) in [6.45, 7) is 10.3. The molecule has 1 atom stereocenters. The molecule has 2 N–H and O–H groups in total. The number of nitrogens with one attached hydrogen (secondary N) is 2. The van der Waals surface area contributed by atoms with Crippen molar-refractivity contribution in [1.29, 1.82) is 0 Å². The molecule has 3 nitrogen and oxygen atoms in total. The van der Waals surface area contributed by atoms with Crippen molar-refractivity contribution >= 4 is 0 Å². The van der Waals surface area contributed by atoms with E-state index in [4.69, 9.17) is 0 Å². The summed E-state index contributed by atoms with van der Waals surface area (Å²) >= 11 is 0. The average molecular weight is 276 g/mol. The van der Waals surface area contributed by atoms with Crippen molar-refractivity contribution in [3.8, 4) is 0 Å². The highest BCUT2D eigenvalue weighted by Gasteiger charge is 2.23. The van der Waals surface area contributed by atoms with Gasteiger partial charge in [-0.05, 0) is 49.1 Å². The molecule has 0 aromatic carbocycles. The van der Waals surface area contributed by atoms with Gasteiger partial charge in [0.1, 0.15) is 0 Å². The first-order valence-corrected chi connectivity index (χ1v) is 7.94. The van der Waals surface area contributed by atoms with Gasteiger partial charge >= 0.3 is 0 Å². The zero-order chi connectivity index (χ0) is 14.7. The van der Waals surface area contributed by atoms with Crippen LogP contribution in [-0.4, -0.2) is 11.5 Å². The number of aromatic nitrogens is 1. The first kappa shape index (κ1) is 15.3. The van der Waals surface area contributed by atoms with Crippen LogP contribution in [0.5, 0.6) is 0 Å². The molecule has 0 amide bonds. The Kier molecular flexibility index (Phi) is 5.03. The fraction of sp³-hybridized carbons (Fsp3) is 0.706. The summed E-state index contributed by atoms with van der Waals surface area (Å²) in [4.78, 5) is 14.4. The number of aryl methyl sites for hydroxylation is 1. The van der Waals surface area contributed by atoms with E-state index in [0.29, 0.717) is 23.8 Å². The second-order valence-corrected chi connectivity index (χ2v) is 6.76. The predicted molar refractivity (Wildman–Crippen MR) is 83.9 cm³/mol. The highest BCUT2D eigenvalue weighted by Crippen LogP contribution is 2.28. The van der Waals surface area contributed by atoms with Crippen LogP contribution in [0.25, 0.3) is 0 Å². The molecule has 0 bridgehead atoms. The van der Waals surface area contributed by atoms with Gasteiger partial charge in [0.15, 0.2) is 0 Å². The van der Waals surface area contributed by atoms with Gasteiger partial charge in [-0.15, -0.1) is 0 Å². The SMILES string of the molecule is CC(C)C(CNC1CCCc2[nH]c(=O)ccc21)C(C)C. The zero-order valence-corrected chi connectivity index (χ0v) is 13.2. The first-order chi connectivity index (χ1) is 9.49. The molecule has 20 heavy (non-hydrogen) atoms. The summed E-state index contributed by atoms with van der Waals surface area (Å²) in [6, 6.07) is 4.06. The summed E-state index contributed by atoms with van der Waals surface area (Å²) in [6.07, 6.45) is 3.32. The molecule has 0 aliphatic heterocycles.